The Bertz CT molecular complexity index is 4630. The Morgan fingerprint density at radius 2 is 0.989 bits per heavy atom. The number of halogens is 3. The highest BCUT2D eigenvalue weighted by atomic mass is 19.1. The number of benzene rings is 3. The number of nitrogens with zero attached hydrogens (tertiary/aromatic N) is 12. The quantitative estimate of drug-likeness (QED) is 0.104. The van der Waals surface area contributed by atoms with Gasteiger partial charge in [-0.1, -0.05) is 80.4 Å². The monoisotopic (exact) mass is 1170 g/mol. The van der Waals surface area contributed by atoms with E-state index in [2.05, 4.69) is 101 Å². The van der Waals surface area contributed by atoms with Crippen molar-refractivity contribution < 1.29 is 13.2 Å². The fraction of sp³-hybridized carbons (Fsp3) is 0.301. The van der Waals surface area contributed by atoms with E-state index in [1.54, 1.807) is 6.20 Å². The zero-order chi connectivity index (χ0) is 59.8. The van der Waals surface area contributed by atoms with Gasteiger partial charge < -0.3 is 0 Å². The van der Waals surface area contributed by atoms with Crippen LogP contribution in [0.5, 0.6) is 0 Å². The third-order valence-corrected chi connectivity index (χ3v) is 19.2. The first-order valence-electron chi connectivity index (χ1n) is 30.9. The second-order valence-electron chi connectivity index (χ2n) is 25.6. The van der Waals surface area contributed by atoms with E-state index >= 15 is 13.2 Å². The van der Waals surface area contributed by atoms with Crippen molar-refractivity contribution in [1.29, 1.82) is 0 Å². The third-order valence-electron chi connectivity index (χ3n) is 19.2. The van der Waals surface area contributed by atoms with Crippen molar-refractivity contribution in [2.45, 2.75) is 123 Å². The topological polar surface area (TPSA) is 131 Å². The van der Waals surface area contributed by atoms with Crippen LogP contribution in [0.25, 0.3) is 99.9 Å². The van der Waals surface area contributed by atoms with Gasteiger partial charge in [-0.15, -0.1) is 0 Å². The number of pyridine rings is 6. The third kappa shape index (κ3) is 10.6. The molecule has 0 spiro atoms. The summed E-state index contributed by atoms with van der Waals surface area (Å²) in [6.45, 7) is 10.1. The van der Waals surface area contributed by atoms with Crippen molar-refractivity contribution in [3.05, 3.63) is 199 Å². The molecule has 88 heavy (non-hydrogen) atoms. The van der Waals surface area contributed by atoms with Gasteiger partial charge in [-0.05, 0) is 142 Å². The van der Waals surface area contributed by atoms with E-state index in [0.29, 0.717) is 42.4 Å². The summed E-state index contributed by atoms with van der Waals surface area (Å²) in [4.78, 5) is 29.2. The van der Waals surface area contributed by atoms with Crippen molar-refractivity contribution in [1.82, 2.24) is 59.2 Å². The Kier molecular flexibility index (Phi) is 14.1. The molecule has 9 aromatic heterocycles. The summed E-state index contributed by atoms with van der Waals surface area (Å²) >= 11 is 0. The number of rotatable bonds is 14. The van der Waals surface area contributed by atoms with Crippen LogP contribution in [-0.2, 0) is 19.6 Å². The van der Waals surface area contributed by atoms with E-state index in [0.717, 1.165) is 118 Å². The minimum Gasteiger partial charge on any atom is -0.272 e. The lowest BCUT2D eigenvalue weighted by molar-refractivity contribution is 0.268. The molecule has 0 N–H and O–H groups in total. The maximum absolute atomic E-state index is 16.4. The predicted molar refractivity (Wildman–Crippen MR) is 340 cm³/mol. The van der Waals surface area contributed by atoms with Crippen LogP contribution in [0.4, 0.5) is 13.2 Å². The van der Waals surface area contributed by atoms with Gasteiger partial charge in [0.15, 0.2) is 0 Å². The molecule has 12 nitrogen and oxygen atoms in total. The average Bonchev–Trinajstić information content (AvgIpc) is 1.56. The molecule has 3 aliphatic rings. The van der Waals surface area contributed by atoms with Crippen LogP contribution in [0.2, 0.25) is 0 Å². The fourth-order valence-electron chi connectivity index (χ4n) is 14.9. The normalized spacial score (nSPS) is 20.1. The van der Waals surface area contributed by atoms with Crippen LogP contribution in [0.3, 0.4) is 0 Å². The molecular weight excluding hydrogens is 1100 g/mol. The van der Waals surface area contributed by atoms with Gasteiger partial charge in [-0.25, -0.2) is 13.2 Å². The molecular formula is C73H67F3N12. The SMILES string of the molecule is Cc1ccc(-c2cnn(C[C@@H]3C[C@@H](F)CC3c3ccnc4cc(-c5nc(C)ccc5-c5cnn(C[C@H]6C[C@@H](F)CC6c6c(F)cnc7cc(-c8nc(C)ccc8-c8cnn(CC9(C)CCCC9)c8)ccc67)c5)ccc34)c2)c(-c2ccc3cccnc3c2)n1. The molecule has 0 radical (unpaired) electrons. The Morgan fingerprint density at radius 3 is 1.59 bits per heavy atom. The lowest BCUT2D eigenvalue weighted by Crippen LogP contribution is -2.19. The van der Waals surface area contributed by atoms with Crippen LogP contribution in [0.15, 0.2) is 165 Å². The zero-order valence-electron chi connectivity index (χ0n) is 49.8. The minimum atomic E-state index is -1.10. The van der Waals surface area contributed by atoms with Gasteiger partial charge in [-0.2, -0.15) is 15.3 Å². The summed E-state index contributed by atoms with van der Waals surface area (Å²) in [5.74, 6) is -1.14. The second kappa shape index (κ2) is 22.5. The number of alkyl halides is 2. The highest BCUT2D eigenvalue weighted by Gasteiger charge is 2.39. The summed E-state index contributed by atoms with van der Waals surface area (Å²) in [5.41, 5.74) is 17.6. The molecule has 9 heterocycles. The molecule has 3 aromatic carbocycles. The van der Waals surface area contributed by atoms with Gasteiger partial charge in [0.25, 0.3) is 0 Å². The van der Waals surface area contributed by atoms with E-state index in [9.17, 15) is 0 Å². The first-order valence-corrected chi connectivity index (χ1v) is 30.9. The number of aromatic nitrogens is 12. The molecule has 6 atom stereocenters. The summed E-state index contributed by atoms with van der Waals surface area (Å²) in [6.07, 6.45) is 21.0. The highest BCUT2D eigenvalue weighted by Crippen LogP contribution is 2.48. The first-order chi connectivity index (χ1) is 42.8. The number of hydrogen-bond donors (Lipinski definition) is 0. The highest BCUT2D eigenvalue weighted by molar-refractivity contribution is 5.92. The molecule has 3 fully saturated rings. The van der Waals surface area contributed by atoms with E-state index in [-0.39, 0.29) is 36.0 Å². The van der Waals surface area contributed by atoms with Gasteiger partial charge in [0.2, 0.25) is 0 Å². The molecule has 0 bridgehead atoms. The fourth-order valence-corrected chi connectivity index (χ4v) is 14.9. The maximum atomic E-state index is 16.4. The van der Waals surface area contributed by atoms with Crippen LogP contribution in [0, 0.1) is 43.8 Å². The minimum absolute atomic E-state index is 0.00271. The first kappa shape index (κ1) is 55.3. The van der Waals surface area contributed by atoms with Crippen LogP contribution < -0.4 is 0 Å². The average molecular weight is 1170 g/mol. The van der Waals surface area contributed by atoms with E-state index in [4.69, 9.17) is 35.2 Å². The Balaban J connectivity index is 0.671. The van der Waals surface area contributed by atoms with E-state index in [1.165, 1.54) is 31.9 Å². The summed E-state index contributed by atoms with van der Waals surface area (Å²) in [6, 6.07) is 36.8. The molecule has 440 valence electrons. The van der Waals surface area contributed by atoms with E-state index < -0.39 is 24.1 Å². The van der Waals surface area contributed by atoms with Gasteiger partial charge in [0, 0.05) is 139 Å². The molecule has 15 rings (SSSR count). The zero-order valence-corrected chi connectivity index (χ0v) is 49.8. The van der Waals surface area contributed by atoms with Crippen LogP contribution >= 0.6 is 0 Å². The van der Waals surface area contributed by atoms with Crippen molar-refractivity contribution in [2.24, 2.45) is 17.3 Å². The Labute approximate surface area is 509 Å². The predicted octanol–water partition coefficient (Wildman–Crippen LogP) is 16.8. The molecule has 3 saturated carbocycles. The Hall–Kier alpha value is -9.24. The van der Waals surface area contributed by atoms with Crippen molar-refractivity contribution in [3.63, 3.8) is 0 Å². The standard InChI is InChI=1S/C73H67F3N12/c1-43-9-16-57(70(83-43)47-13-12-46-8-7-24-77-66(46)28-47)52-33-80-86(39-52)37-50-26-55(74)31-63(50)60-21-25-78-67-29-48(14-19-61(60)67)71-58(17-10-44(2)84-71)53-34-81-87(40-53)38-51-27-56(75)32-64(51)69-62-20-15-49(30-68(62)79-36-65(69)76)72-59(18-11-45(3)85-72)54-35-82-88(41-54)42-73(4)22-5-6-23-73/h7-21,24-25,28-30,33-36,39-41,50-51,55-56,63-64H,5-6,22-23,26-27,31-32,37-38,42H2,1-4H3/t50-,51+,55+,56+,63?,64?/m0/s1. The van der Waals surface area contributed by atoms with Gasteiger partial charge in [-0.3, -0.25) is 43.9 Å². The molecule has 2 unspecified atom stereocenters. The van der Waals surface area contributed by atoms with Crippen LogP contribution in [0.1, 0.15) is 98.3 Å². The maximum Gasteiger partial charge on any atom is 0.145 e. The largest absolute Gasteiger partial charge is 0.272 e. The van der Waals surface area contributed by atoms with Crippen LogP contribution in [-0.4, -0.2) is 71.6 Å². The van der Waals surface area contributed by atoms with Gasteiger partial charge in [0.1, 0.15) is 18.2 Å². The smallest absolute Gasteiger partial charge is 0.145 e. The second-order valence-corrected chi connectivity index (χ2v) is 25.6. The molecule has 0 saturated heterocycles. The molecule has 0 amide bonds. The van der Waals surface area contributed by atoms with E-state index in [1.807, 2.05) is 104 Å². The number of aryl methyl sites for hydroxylation is 3. The molecule has 12 aromatic rings. The summed E-state index contributed by atoms with van der Waals surface area (Å²) in [7, 11) is 0. The number of fused-ring (bicyclic) bond motifs is 3. The van der Waals surface area contributed by atoms with Crippen molar-refractivity contribution >= 4 is 32.7 Å². The molecule has 15 heteroatoms. The van der Waals surface area contributed by atoms with Crippen molar-refractivity contribution in [2.75, 3.05) is 0 Å². The van der Waals surface area contributed by atoms with Crippen molar-refractivity contribution in [3.8, 4) is 67.2 Å². The van der Waals surface area contributed by atoms with Gasteiger partial charge >= 0.3 is 0 Å². The number of hydrogen-bond acceptors (Lipinski definition) is 9. The summed E-state index contributed by atoms with van der Waals surface area (Å²) in [5, 5.41) is 17.2. The lowest BCUT2D eigenvalue weighted by Gasteiger charge is -2.23. The molecule has 0 aliphatic heterocycles. The Morgan fingerprint density at radius 1 is 0.489 bits per heavy atom. The molecule has 3 aliphatic carbocycles. The lowest BCUT2D eigenvalue weighted by atomic mass is 9.86. The van der Waals surface area contributed by atoms with Gasteiger partial charge in [0.05, 0.1) is 58.4 Å². The summed E-state index contributed by atoms with van der Waals surface area (Å²) < 4.78 is 53.9.